The van der Waals surface area contributed by atoms with Crippen LogP contribution in [-0.2, 0) is 0 Å². The Kier molecular flexibility index (Phi) is 1.48. The van der Waals surface area contributed by atoms with Gasteiger partial charge < -0.3 is 4.74 Å². The summed E-state index contributed by atoms with van der Waals surface area (Å²) in [5, 5.41) is 0. The fourth-order valence-corrected chi connectivity index (χ4v) is 1.02. The molecule has 1 rings (SSSR count). The predicted octanol–water partition coefficient (Wildman–Crippen LogP) is 1.46. The van der Waals surface area contributed by atoms with E-state index in [1.165, 1.54) is 11.5 Å². The molecule has 0 saturated heterocycles. The highest BCUT2D eigenvalue weighted by atomic mass is 32.1. The molecule has 0 aromatic carbocycles. The quantitative estimate of drug-likeness (QED) is 0.572. The molecule has 0 fully saturated rings. The Balaban J connectivity index is 2.92. The van der Waals surface area contributed by atoms with Gasteiger partial charge in [-0.15, -0.1) is 0 Å². The fraction of sp³-hybridized carbons (Fsp3) is 0.400. The molecule has 0 bridgehead atoms. The Hall–Kier alpha value is -0.570. The molecule has 1 heterocycles. The van der Waals surface area contributed by atoms with Crippen molar-refractivity contribution in [1.29, 1.82) is 0 Å². The Labute approximate surface area is 52.3 Å². The fourth-order valence-electron chi connectivity index (χ4n) is 0.486. The monoisotopic (exact) mass is 129 g/mol. The molecule has 0 radical (unpaired) electrons. The summed E-state index contributed by atoms with van der Waals surface area (Å²) < 4.78 is 8.84. The lowest BCUT2D eigenvalue weighted by Gasteiger charge is -1.90. The van der Waals surface area contributed by atoms with Gasteiger partial charge >= 0.3 is 0 Å². The van der Waals surface area contributed by atoms with Gasteiger partial charge in [0.05, 0.1) is 18.2 Å². The van der Waals surface area contributed by atoms with Gasteiger partial charge in [-0.2, -0.15) is 4.37 Å². The van der Waals surface area contributed by atoms with Crippen LogP contribution in [0.25, 0.3) is 0 Å². The van der Waals surface area contributed by atoms with Gasteiger partial charge in [0.2, 0.25) is 0 Å². The third-order valence-corrected chi connectivity index (χ3v) is 1.61. The van der Waals surface area contributed by atoms with E-state index < -0.39 is 0 Å². The molecular formula is C5H7NOS. The summed E-state index contributed by atoms with van der Waals surface area (Å²) in [4.78, 5) is 1.13. The van der Waals surface area contributed by atoms with E-state index in [1.807, 2.05) is 6.92 Å². The van der Waals surface area contributed by atoms with Crippen LogP contribution in [-0.4, -0.2) is 11.5 Å². The van der Waals surface area contributed by atoms with Crippen molar-refractivity contribution in [3.63, 3.8) is 0 Å². The lowest BCUT2D eigenvalue weighted by molar-refractivity contribution is 0.413. The van der Waals surface area contributed by atoms with Crippen LogP contribution in [0.4, 0.5) is 0 Å². The minimum Gasteiger partial charge on any atom is -0.494 e. The average molecular weight is 129 g/mol. The third-order valence-electron chi connectivity index (χ3n) is 0.926. The third kappa shape index (κ3) is 0.816. The highest BCUT2D eigenvalue weighted by Gasteiger charge is 1.96. The SMILES string of the molecule is COc1cnsc1C. The number of aromatic nitrogens is 1. The Morgan fingerprint density at radius 1 is 1.75 bits per heavy atom. The van der Waals surface area contributed by atoms with Crippen molar-refractivity contribution < 1.29 is 4.74 Å². The van der Waals surface area contributed by atoms with Gasteiger partial charge in [-0.25, -0.2) is 0 Å². The predicted molar refractivity (Wildman–Crippen MR) is 33.4 cm³/mol. The van der Waals surface area contributed by atoms with Crippen LogP contribution in [0.1, 0.15) is 4.88 Å². The van der Waals surface area contributed by atoms with Crippen LogP contribution in [0.2, 0.25) is 0 Å². The number of methoxy groups -OCH3 is 1. The van der Waals surface area contributed by atoms with Gasteiger partial charge in [0.15, 0.2) is 5.75 Å². The molecule has 1 aromatic rings. The zero-order valence-electron chi connectivity index (χ0n) is 4.84. The second-order valence-corrected chi connectivity index (χ2v) is 2.46. The summed E-state index contributed by atoms with van der Waals surface area (Å²) in [6, 6.07) is 0. The molecule has 0 aliphatic carbocycles. The van der Waals surface area contributed by atoms with Crippen LogP contribution < -0.4 is 4.74 Å². The Morgan fingerprint density at radius 2 is 2.50 bits per heavy atom. The summed E-state index contributed by atoms with van der Waals surface area (Å²) in [5.41, 5.74) is 0. The molecule has 3 heteroatoms. The molecule has 0 amide bonds. The summed E-state index contributed by atoms with van der Waals surface area (Å²) in [6.07, 6.45) is 1.72. The zero-order chi connectivity index (χ0) is 5.98. The molecule has 0 saturated carbocycles. The highest BCUT2D eigenvalue weighted by Crippen LogP contribution is 2.18. The van der Waals surface area contributed by atoms with E-state index in [0.29, 0.717) is 0 Å². The minimum atomic E-state index is 0.884. The number of aryl methyl sites for hydroxylation is 1. The molecule has 1 aromatic heterocycles. The number of ether oxygens (including phenoxy) is 1. The molecule has 0 atom stereocenters. The van der Waals surface area contributed by atoms with Crippen molar-refractivity contribution in [3.05, 3.63) is 11.1 Å². The number of nitrogens with zero attached hydrogens (tertiary/aromatic N) is 1. The van der Waals surface area contributed by atoms with Gasteiger partial charge in [0.1, 0.15) is 0 Å². The normalized spacial score (nSPS) is 9.25. The first kappa shape index (κ1) is 5.56. The molecule has 2 nitrogen and oxygen atoms in total. The van der Waals surface area contributed by atoms with E-state index in [-0.39, 0.29) is 0 Å². The second-order valence-electron chi connectivity index (χ2n) is 1.45. The first-order valence-corrected chi connectivity index (χ1v) is 3.07. The van der Waals surface area contributed by atoms with Crippen LogP contribution >= 0.6 is 11.5 Å². The second kappa shape index (κ2) is 2.13. The van der Waals surface area contributed by atoms with Crippen molar-refractivity contribution in [1.82, 2.24) is 4.37 Å². The van der Waals surface area contributed by atoms with Gasteiger partial charge in [-0.3, -0.25) is 0 Å². The van der Waals surface area contributed by atoms with E-state index in [9.17, 15) is 0 Å². The first-order chi connectivity index (χ1) is 3.84. The highest BCUT2D eigenvalue weighted by molar-refractivity contribution is 7.06. The van der Waals surface area contributed by atoms with Crippen molar-refractivity contribution >= 4 is 11.5 Å². The molecule has 0 unspecified atom stereocenters. The summed E-state index contributed by atoms with van der Waals surface area (Å²) >= 11 is 1.45. The van der Waals surface area contributed by atoms with Crippen LogP contribution in [0.5, 0.6) is 5.75 Å². The average Bonchev–Trinajstić information content (AvgIpc) is 2.14. The van der Waals surface area contributed by atoms with Crippen LogP contribution in [0.15, 0.2) is 6.20 Å². The molecule has 0 spiro atoms. The number of hydrogen-bond donors (Lipinski definition) is 0. The molecule has 8 heavy (non-hydrogen) atoms. The summed E-state index contributed by atoms with van der Waals surface area (Å²) in [7, 11) is 1.65. The van der Waals surface area contributed by atoms with Gasteiger partial charge in [-0.1, -0.05) is 0 Å². The van der Waals surface area contributed by atoms with Crippen LogP contribution in [0, 0.1) is 6.92 Å². The maximum Gasteiger partial charge on any atom is 0.152 e. The van der Waals surface area contributed by atoms with E-state index in [2.05, 4.69) is 4.37 Å². The van der Waals surface area contributed by atoms with Gasteiger partial charge in [-0.05, 0) is 18.5 Å². The molecule has 0 aliphatic rings. The molecule has 0 aliphatic heterocycles. The lowest BCUT2D eigenvalue weighted by Crippen LogP contribution is -1.79. The number of rotatable bonds is 1. The Morgan fingerprint density at radius 3 is 2.75 bits per heavy atom. The lowest BCUT2D eigenvalue weighted by atomic mass is 10.5. The van der Waals surface area contributed by atoms with E-state index in [4.69, 9.17) is 4.74 Å². The maximum absolute atomic E-state index is 4.93. The molecule has 0 N–H and O–H groups in total. The maximum atomic E-state index is 4.93. The van der Waals surface area contributed by atoms with E-state index in [1.54, 1.807) is 13.3 Å². The Bertz CT molecular complexity index is 173. The minimum absolute atomic E-state index is 0.884. The van der Waals surface area contributed by atoms with Crippen molar-refractivity contribution in [2.75, 3.05) is 7.11 Å². The number of hydrogen-bond acceptors (Lipinski definition) is 3. The topological polar surface area (TPSA) is 22.1 Å². The van der Waals surface area contributed by atoms with E-state index in [0.717, 1.165) is 10.6 Å². The van der Waals surface area contributed by atoms with E-state index >= 15 is 0 Å². The smallest absolute Gasteiger partial charge is 0.152 e. The largest absolute Gasteiger partial charge is 0.494 e. The van der Waals surface area contributed by atoms with Crippen molar-refractivity contribution in [2.45, 2.75) is 6.92 Å². The molecule has 44 valence electrons. The zero-order valence-corrected chi connectivity index (χ0v) is 5.66. The molecular weight excluding hydrogens is 122 g/mol. The van der Waals surface area contributed by atoms with Crippen molar-refractivity contribution in [2.24, 2.45) is 0 Å². The van der Waals surface area contributed by atoms with Crippen molar-refractivity contribution in [3.8, 4) is 5.75 Å². The van der Waals surface area contributed by atoms with Crippen LogP contribution in [0.3, 0.4) is 0 Å². The summed E-state index contributed by atoms with van der Waals surface area (Å²) in [5.74, 6) is 0.884. The first-order valence-electron chi connectivity index (χ1n) is 2.30. The van der Waals surface area contributed by atoms with Gasteiger partial charge in [0, 0.05) is 0 Å². The standard InChI is InChI=1S/C5H7NOS/c1-4-5(7-2)3-6-8-4/h3H,1-2H3. The van der Waals surface area contributed by atoms with Gasteiger partial charge in [0.25, 0.3) is 0 Å². The summed E-state index contributed by atoms with van der Waals surface area (Å²) in [6.45, 7) is 1.98.